The average Bonchev–Trinajstić information content (AvgIpc) is 2.59. The fourth-order valence-electron chi connectivity index (χ4n) is 4.70. The van der Waals surface area contributed by atoms with Gasteiger partial charge in [0.2, 0.25) is 5.91 Å². The Labute approximate surface area is 163 Å². The number of carbonyl (C=O) groups is 1. The summed E-state index contributed by atoms with van der Waals surface area (Å²) < 4.78 is 10.7. The van der Waals surface area contributed by atoms with Gasteiger partial charge in [0.05, 0.1) is 20.8 Å². The van der Waals surface area contributed by atoms with Crippen LogP contribution in [0.2, 0.25) is 0 Å². The monoisotopic (exact) mass is 377 g/mol. The quantitative estimate of drug-likeness (QED) is 0.747. The predicted octanol–water partition coefficient (Wildman–Crippen LogP) is 3.88. The van der Waals surface area contributed by atoms with Crippen LogP contribution in [0.15, 0.2) is 18.2 Å². The van der Waals surface area contributed by atoms with Crippen LogP contribution < -0.4 is 9.47 Å². The molecule has 27 heavy (non-hydrogen) atoms. The zero-order chi connectivity index (χ0) is 20.0. The number of methoxy groups -OCH3 is 2. The number of carbonyl (C=O) groups excluding carboxylic acids is 1. The molecule has 1 fully saturated rings. The maximum atomic E-state index is 13.0. The largest absolute Gasteiger partial charge is 0.497 e. The molecular formula is C22H35NO4. The Morgan fingerprint density at radius 2 is 2.00 bits per heavy atom. The molecule has 5 heteroatoms. The predicted molar refractivity (Wildman–Crippen MR) is 107 cm³/mol. The van der Waals surface area contributed by atoms with Gasteiger partial charge >= 0.3 is 0 Å². The smallest absolute Gasteiger partial charge is 0.223 e. The lowest BCUT2D eigenvalue weighted by molar-refractivity contribution is -0.134. The highest BCUT2D eigenvalue weighted by Crippen LogP contribution is 2.43. The molecule has 1 aliphatic rings. The molecule has 1 saturated carbocycles. The molecule has 0 heterocycles. The molecule has 152 valence electrons. The van der Waals surface area contributed by atoms with Crippen molar-refractivity contribution in [3.8, 4) is 11.5 Å². The molecule has 1 aliphatic carbocycles. The number of amides is 1. The van der Waals surface area contributed by atoms with Crippen LogP contribution >= 0.6 is 0 Å². The second-order valence-electron chi connectivity index (χ2n) is 8.70. The number of nitrogens with zero attached hydrogens (tertiary/aromatic N) is 1. The molecule has 1 N–H and O–H groups in total. The summed E-state index contributed by atoms with van der Waals surface area (Å²) in [6.07, 6.45) is 3.95. The maximum Gasteiger partial charge on any atom is 0.223 e. The number of ether oxygens (including phenoxy) is 2. The number of hydrogen-bond donors (Lipinski definition) is 1. The molecule has 1 aromatic carbocycles. The minimum atomic E-state index is -0.0510. The van der Waals surface area contributed by atoms with Crippen molar-refractivity contribution < 1.29 is 19.4 Å². The summed E-state index contributed by atoms with van der Waals surface area (Å²) in [5.74, 6) is 2.61. The fourth-order valence-corrected chi connectivity index (χ4v) is 4.70. The van der Waals surface area contributed by atoms with E-state index in [0.29, 0.717) is 36.8 Å². The van der Waals surface area contributed by atoms with E-state index in [2.05, 4.69) is 20.8 Å². The molecular weight excluding hydrogens is 342 g/mol. The molecule has 1 amide bonds. The second-order valence-corrected chi connectivity index (χ2v) is 8.70. The average molecular weight is 378 g/mol. The van der Waals surface area contributed by atoms with E-state index in [-0.39, 0.29) is 12.5 Å². The zero-order valence-electron chi connectivity index (χ0n) is 17.5. The summed E-state index contributed by atoms with van der Waals surface area (Å²) >= 11 is 0. The van der Waals surface area contributed by atoms with Crippen LogP contribution in [0.5, 0.6) is 11.5 Å². The van der Waals surface area contributed by atoms with Gasteiger partial charge in [0.25, 0.3) is 0 Å². The van der Waals surface area contributed by atoms with Gasteiger partial charge < -0.3 is 19.5 Å². The Morgan fingerprint density at radius 1 is 1.26 bits per heavy atom. The second kappa shape index (κ2) is 9.45. The van der Waals surface area contributed by atoms with E-state index < -0.39 is 0 Å². The molecule has 0 radical (unpaired) electrons. The van der Waals surface area contributed by atoms with E-state index in [1.165, 1.54) is 6.42 Å². The van der Waals surface area contributed by atoms with Gasteiger partial charge in [-0.2, -0.15) is 0 Å². The number of hydrogen-bond acceptors (Lipinski definition) is 4. The molecule has 0 bridgehead atoms. The first kappa shape index (κ1) is 21.5. The van der Waals surface area contributed by atoms with Crippen molar-refractivity contribution in [3.05, 3.63) is 23.8 Å². The van der Waals surface area contributed by atoms with Crippen LogP contribution in [0.1, 0.15) is 52.0 Å². The van der Waals surface area contributed by atoms with Crippen molar-refractivity contribution in [1.29, 1.82) is 0 Å². The van der Waals surface area contributed by atoms with E-state index in [0.717, 1.165) is 29.9 Å². The maximum absolute atomic E-state index is 13.0. The first-order valence-electron chi connectivity index (χ1n) is 9.87. The minimum absolute atomic E-state index is 0.0510. The molecule has 0 aliphatic heterocycles. The van der Waals surface area contributed by atoms with Crippen molar-refractivity contribution >= 4 is 5.91 Å². The number of aliphatic hydroxyl groups excluding tert-OH is 1. The van der Waals surface area contributed by atoms with Crippen LogP contribution in [-0.4, -0.2) is 43.3 Å². The van der Waals surface area contributed by atoms with Crippen molar-refractivity contribution in [1.82, 2.24) is 4.90 Å². The van der Waals surface area contributed by atoms with E-state index >= 15 is 0 Å². The van der Waals surface area contributed by atoms with Crippen molar-refractivity contribution in [3.63, 3.8) is 0 Å². The normalized spacial score (nSPS) is 21.6. The van der Waals surface area contributed by atoms with Gasteiger partial charge in [0.15, 0.2) is 0 Å². The van der Waals surface area contributed by atoms with Crippen molar-refractivity contribution in [2.75, 3.05) is 27.4 Å². The van der Waals surface area contributed by atoms with Gasteiger partial charge in [-0.1, -0.05) is 20.8 Å². The Morgan fingerprint density at radius 3 is 2.59 bits per heavy atom. The fraction of sp³-hybridized carbons (Fsp3) is 0.682. The van der Waals surface area contributed by atoms with Crippen LogP contribution in [0.4, 0.5) is 0 Å². The molecule has 1 aromatic rings. The molecule has 2 rings (SSSR count). The molecule has 2 unspecified atom stereocenters. The number of benzene rings is 1. The molecule has 0 aromatic heterocycles. The van der Waals surface area contributed by atoms with Crippen LogP contribution in [0.25, 0.3) is 0 Å². The third-order valence-electron chi connectivity index (χ3n) is 5.51. The van der Waals surface area contributed by atoms with Crippen molar-refractivity contribution in [2.45, 2.75) is 53.0 Å². The zero-order valence-corrected chi connectivity index (χ0v) is 17.5. The standard InChI is InChI=1S/C22H35NO4/c1-16-10-17(14-22(2,3)13-16)11-21(25)23(8-9-24)15-18-12-19(26-4)6-7-20(18)27-5/h6-7,12,16-17,24H,8-11,13-15H2,1-5H3. The Kier molecular flexibility index (Phi) is 7.54. The highest BCUT2D eigenvalue weighted by molar-refractivity contribution is 5.76. The third kappa shape index (κ3) is 6.13. The third-order valence-corrected chi connectivity index (χ3v) is 5.51. The SMILES string of the molecule is COc1ccc(OC)c(CN(CCO)C(=O)CC2CC(C)CC(C)(C)C2)c1. The summed E-state index contributed by atoms with van der Waals surface area (Å²) in [6.45, 7) is 7.56. The van der Waals surface area contributed by atoms with Gasteiger partial charge in [-0.05, 0) is 54.7 Å². The lowest BCUT2D eigenvalue weighted by atomic mass is 9.67. The van der Waals surface area contributed by atoms with E-state index in [1.54, 1.807) is 19.1 Å². The topological polar surface area (TPSA) is 59.0 Å². The lowest BCUT2D eigenvalue weighted by Crippen LogP contribution is -2.36. The highest BCUT2D eigenvalue weighted by atomic mass is 16.5. The van der Waals surface area contributed by atoms with Gasteiger partial charge in [0, 0.05) is 25.1 Å². The van der Waals surface area contributed by atoms with Gasteiger partial charge in [-0.15, -0.1) is 0 Å². The summed E-state index contributed by atoms with van der Waals surface area (Å²) in [6, 6.07) is 5.58. The van der Waals surface area contributed by atoms with Gasteiger partial charge in [0.1, 0.15) is 11.5 Å². The van der Waals surface area contributed by atoms with Crippen molar-refractivity contribution in [2.24, 2.45) is 17.3 Å². The molecule has 2 atom stereocenters. The first-order valence-corrected chi connectivity index (χ1v) is 9.87. The summed E-state index contributed by atoms with van der Waals surface area (Å²) in [7, 11) is 3.24. The molecule has 0 spiro atoms. The van der Waals surface area contributed by atoms with Crippen LogP contribution in [0.3, 0.4) is 0 Å². The number of aliphatic hydroxyl groups is 1. The van der Waals surface area contributed by atoms with Crippen LogP contribution in [-0.2, 0) is 11.3 Å². The Hall–Kier alpha value is -1.75. The lowest BCUT2D eigenvalue weighted by Gasteiger charge is -2.39. The molecule has 5 nitrogen and oxygen atoms in total. The molecule has 0 saturated heterocycles. The summed E-state index contributed by atoms with van der Waals surface area (Å²) in [4.78, 5) is 14.8. The van der Waals surface area contributed by atoms with Crippen LogP contribution in [0, 0.1) is 17.3 Å². The summed E-state index contributed by atoms with van der Waals surface area (Å²) in [5.41, 5.74) is 1.18. The van der Waals surface area contributed by atoms with E-state index in [1.807, 2.05) is 18.2 Å². The Balaban J connectivity index is 2.11. The van der Waals surface area contributed by atoms with E-state index in [4.69, 9.17) is 9.47 Å². The van der Waals surface area contributed by atoms with Gasteiger partial charge in [-0.3, -0.25) is 4.79 Å². The van der Waals surface area contributed by atoms with Gasteiger partial charge in [-0.25, -0.2) is 0 Å². The first-order chi connectivity index (χ1) is 12.8. The minimum Gasteiger partial charge on any atom is -0.497 e. The highest BCUT2D eigenvalue weighted by Gasteiger charge is 2.33. The number of rotatable bonds is 8. The summed E-state index contributed by atoms with van der Waals surface area (Å²) in [5, 5.41) is 9.47. The Bertz CT molecular complexity index is 629. The van der Waals surface area contributed by atoms with E-state index in [9.17, 15) is 9.90 Å².